The van der Waals surface area contributed by atoms with E-state index < -0.39 is 0 Å². The Bertz CT molecular complexity index is 381. The Morgan fingerprint density at radius 3 is 2.69 bits per heavy atom. The number of benzene rings is 1. The van der Waals surface area contributed by atoms with Gasteiger partial charge in [-0.05, 0) is 5.56 Å². The molecule has 0 amide bonds. The molecule has 2 aromatic rings. The Balaban J connectivity index is 2.15. The molecule has 0 aliphatic heterocycles. The fraction of sp³-hybridized carbons (Fsp3) is 0.100. The Morgan fingerprint density at radius 2 is 2.08 bits per heavy atom. The average Bonchev–Trinajstić information content (AvgIpc) is 2.53. The lowest BCUT2D eigenvalue weighted by Crippen LogP contribution is -1.98. The van der Waals surface area contributed by atoms with Crippen LogP contribution in [0.4, 0.5) is 0 Å². The second-order valence-corrected chi connectivity index (χ2v) is 2.81. The van der Waals surface area contributed by atoms with E-state index in [1.165, 1.54) is 0 Å². The third kappa shape index (κ3) is 1.87. The van der Waals surface area contributed by atoms with E-state index in [0.29, 0.717) is 6.54 Å². The predicted octanol–water partition coefficient (Wildman–Crippen LogP) is 1.44. The van der Waals surface area contributed by atoms with Gasteiger partial charge in [-0.2, -0.15) is 5.10 Å². The van der Waals surface area contributed by atoms with Gasteiger partial charge in [0.1, 0.15) is 0 Å². The highest BCUT2D eigenvalue weighted by Gasteiger charge is 1.96. The quantitative estimate of drug-likeness (QED) is 0.746. The molecule has 0 aliphatic carbocycles. The maximum absolute atomic E-state index is 8.99. The third-order valence-electron chi connectivity index (χ3n) is 1.75. The summed E-state index contributed by atoms with van der Waals surface area (Å²) in [5, 5.41) is 12.8. The van der Waals surface area contributed by atoms with Crippen molar-refractivity contribution in [3.63, 3.8) is 0 Å². The lowest BCUT2D eigenvalue weighted by Gasteiger charge is -1.99. The van der Waals surface area contributed by atoms with Gasteiger partial charge < -0.3 is 5.11 Å². The molecule has 1 aromatic heterocycles. The fourth-order valence-corrected chi connectivity index (χ4v) is 1.17. The number of rotatable bonds is 2. The highest BCUT2D eigenvalue weighted by atomic mass is 16.3. The van der Waals surface area contributed by atoms with Crippen molar-refractivity contribution in [2.75, 3.05) is 0 Å². The molecule has 3 heteroatoms. The van der Waals surface area contributed by atoms with E-state index >= 15 is 0 Å². The van der Waals surface area contributed by atoms with Gasteiger partial charge in [0.25, 0.3) is 0 Å². The van der Waals surface area contributed by atoms with Gasteiger partial charge >= 0.3 is 0 Å². The van der Waals surface area contributed by atoms with Crippen LogP contribution in [0.3, 0.4) is 0 Å². The van der Waals surface area contributed by atoms with E-state index in [1.807, 2.05) is 30.3 Å². The molecule has 65 valence electrons. The zero-order valence-electron chi connectivity index (χ0n) is 7.01. The van der Waals surface area contributed by atoms with E-state index in [2.05, 4.69) is 11.3 Å². The molecule has 1 heterocycles. The minimum absolute atomic E-state index is 0.0796. The SMILES string of the molecule is Oc1[c]nn(Cc2ccccc2)c1. The van der Waals surface area contributed by atoms with E-state index in [0.717, 1.165) is 5.56 Å². The van der Waals surface area contributed by atoms with Crippen LogP contribution in [0, 0.1) is 6.20 Å². The van der Waals surface area contributed by atoms with Crippen molar-refractivity contribution in [1.82, 2.24) is 9.78 Å². The van der Waals surface area contributed by atoms with Gasteiger partial charge in [-0.1, -0.05) is 30.3 Å². The van der Waals surface area contributed by atoms with Crippen LogP contribution < -0.4 is 0 Å². The molecule has 0 bridgehead atoms. The van der Waals surface area contributed by atoms with Crippen molar-refractivity contribution < 1.29 is 5.11 Å². The van der Waals surface area contributed by atoms with Crippen molar-refractivity contribution in [2.24, 2.45) is 0 Å². The molecule has 0 fully saturated rings. The van der Waals surface area contributed by atoms with Crippen LogP contribution >= 0.6 is 0 Å². The highest BCUT2D eigenvalue weighted by Crippen LogP contribution is 2.06. The predicted molar refractivity (Wildman–Crippen MR) is 48.3 cm³/mol. The second kappa shape index (κ2) is 3.31. The van der Waals surface area contributed by atoms with Crippen molar-refractivity contribution in [2.45, 2.75) is 6.54 Å². The van der Waals surface area contributed by atoms with Crippen LogP contribution in [0.5, 0.6) is 5.75 Å². The fourth-order valence-electron chi connectivity index (χ4n) is 1.17. The monoisotopic (exact) mass is 173 g/mol. The lowest BCUT2D eigenvalue weighted by molar-refractivity contribution is 0.473. The molecule has 1 aromatic carbocycles. The first-order valence-corrected chi connectivity index (χ1v) is 4.02. The van der Waals surface area contributed by atoms with Crippen molar-refractivity contribution in [1.29, 1.82) is 0 Å². The molecular weight excluding hydrogens is 164 g/mol. The molecule has 13 heavy (non-hydrogen) atoms. The summed E-state index contributed by atoms with van der Waals surface area (Å²) in [7, 11) is 0. The molecule has 0 saturated carbocycles. The Labute approximate surface area is 76.3 Å². The molecule has 0 aliphatic rings. The Morgan fingerprint density at radius 1 is 1.31 bits per heavy atom. The van der Waals surface area contributed by atoms with Crippen molar-refractivity contribution in [3.8, 4) is 5.75 Å². The second-order valence-electron chi connectivity index (χ2n) is 2.81. The zero-order chi connectivity index (χ0) is 9.10. The maximum Gasteiger partial charge on any atom is 0.163 e. The average molecular weight is 173 g/mol. The van der Waals surface area contributed by atoms with E-state index in [4.69, 9.17) is 5.11 Å². The third-order valence-corrected chi connectivity index (χ3v) is 1.75. The van der Waals surface area contributed by atoms with Crippen molar-refractivity contribution in [3.05, 3.63) is 48.3 Å². The number of hydrogen-bond donors (Lipinski definition) is 1. The van der Waals surface area contributed by atoms with E-state index in [-0.39, 0.29) is 5.75 Å². The van der Waals surface area contributed by atoms with Crippen LogP contribution in [-0.4, -0.2) is 14.9 Å². The maximum atomic E-state index is 8.99. The normalized spacial score (nSPS) is 10.2. The smallest absolute Gasteiger partial charge is 0.163 e. The summed E-state index contributed by atoms with van der Waals surface area (Å²) in [4.78, 5) is 0. The summed E-state index contributed by atoms with van der Waals surface area (Å²) >= 11 is 0. The van der Waals surface area contributed by atoms with Gasteiger partial charge in [0, 0.05) is 0 Å². The minimum Gasteiger partial charge on any atom is -0.504 e. The zero-order valence-corrected chi connectivity index (χ0v) is 7.01. The number of aromatic hydroxyl groups is 1. The topological polar surface area (TPSA) is 38.1 Å². The van der Waals surface area contributed by atoms with Gasteiger partial charge in [-0.15, -0.1) is 0 Å². The molecule has 1 radical (unpaired) electrons. The number of aromatic nitrogens is 2. The minimum atomic E-state index is 0.0796. The van der Waals surface area contributed by atoms with Crippen LogP contribution in [-0.2, 0) is 6.54 Å². The first kappa shape index (κ1) is 7.86. The van der Waals surface area contributed by atoms with Gasteiger partial charge in [-0.25, -0.2) is 0 Å². The number of hydrogen-bond acceptors (Lipinski definition) is 2. The number of nitrogens with zero attached hydrogens (tertiary/aromatic N) is 2. The van der Waals surface area contributed by atoms with Crippen molar-refractivity contribution >= 4 is 0 Å². The molecule has 0 spiro atoms. The molecule has 0 unspecified atom stereocenters. The first-order chi connectivity index (χ1) is 6.34. The molecule has 1 N–H and O–H groups in total. The molecule has 2 rings (SSSR count). The van der Waals surface area contributed by atoms with Crippen LogP contribution in [0.2, 0.25) is 0 Å². The lowest BCUT2D eigenvalue weighted by atomic mass is 10.2. The Hall–Kier alpha value is -1.77. The molecule has 0 saturated heterocycles. The summed E-state index contributed by atoms with van der Waals surface area (Å²) < 4.78 is 1.64. The molecule has 3 nitrogen and oxygen atoms in total. The van der Waals surface area contributed by atoms with Crippen LogP contribution in [0.15, 0.2) is 36.5 Å². The van der Waals surface area contributed by atoms with Gasteiger partial charge in [0.15, 0.2) is 11.9 Å². The standard InChI is InChI=1S/C10H9N2O/c13-10-6-11-12(8-10)7-9-4-2-1-3-5-9/h1-5,8,13H,7H2. The largest absolute Gasteiger partial charge is 0.504 e. The summed E-state index contributed by atoms with van der Waals surface area (Å²) in [6.45, 7) is 0.665. The first-order valence-electron chi connectivity index (χ1n) is 4.02. The molecular formula is C10H9N2O. The molecule has 0 atom stereocenters. The Kier molecular flexibility index (Phi) is 2.00. The summed E-state index contributed by atoms with van der Waals surface area (Å²) in [6, 6.07) is 9.94. The van der Waals surface area contributed by atoms with Gasteiger partial charge in [-0.3, -0.25) is 4.68 Å². The van der Waals surface area contributed by atoms with Crippen LogP contribution in [0.25, 0.3) is 0 Å². The highest BCUT2D eigenvalue weighted by molar-refractivity contribution is 5.16. The van der Waals surface area contributed by atoms with E-state index in [9.17, 15) is 0 Å². The van der Waals surface area contributed by atoms with E-state index in [1.54, 1.807) is 10.9 Å². The van der Waals surface area contributed by atoms with Gasteiger partial charge in [0.05, 0.1) is 12.7 Å². The summed E-state index contributed by atoms with van der Waals surface area (Å²) in [6.07, 6.45) is 4.01. The summed E-state index contributed by atoms with van der Waals surface area (Å²) in [5.41, 5.74) is 1.15. The van der Waals surface area contributed by atoms with Crippen LogP contribution in [0.1, 0.15) is 5.56 Å². The van der Waals surface area contributed by atoms with Gasteiger partial charge in [0.2, 0.25) is 0 Å². The summed E-state index contributed by atoms with van der Waals surface area (Å²) in [5.74, 6) is 0.0796.